The van der Waals surface area contributed by atoms with Crippen molar-refractivity contribution < 1.29 is 0 Å². The Morgan fingerprint density at radius 1 is 1.30 bits per heavy atom. The van der Waals surface area contributed by atoms with Gasteiger partial charge in [0, 0.05) is 0 Å². The number of hydrogen-bond donors (Lipinski definition) is 0. The maximum Gasteiger partial charge on any atom is -0.0198 e. The van der Waals surface area contributed by atoms with Crippen molar-refractivity contribution >= 4 is 0 Å². The summed E-state index contributed by atoms with van der Waals surface area (Å²) < 4.78 is 0. The molecule has 0 nitrogen and oxygen atoms in total. The van der Waals surface area contributed by atoms with E-state index in [-0.39, 0.29) is 0 Å². The molecule has 0 aliphatic heterocycles. The summed E-state index contributed by atoms with van der Waals surface area (Å²) in [4.78, 5) is 0. The van der Waals surface area contributed by atoms with E-state index in [0.717, 1.165) is 11.8 Å². The summed E-state index contributed by atoms with van der Waals surface area (Å²) >= 11 is 0. The molecule has 0 aromatic heterocycles. The Balaban J connectivity index is 2.23. The van der Waals surface area contributed by atoms with E-state index in [4.69, 9.17) is 0 Å². The molecule has 0 saturated heterocycles. The van der Waals surface area contributed by atoms with Crippen LogP contribution in [0, 0.1) is 11.8 Å². The lowest BCUT2D eigenvalue weighted by Crippen LogP contribution is -1.99. The quantitative estimate of drug-likeness (QED) is 0.449. The smallest absolute Gasteiger partial charge is 0.0198 e. The zero-order valence-corrected chi connectivity index (χ0v) is 6.98. The van der Waals surface area contributed by atoms with Gasteiger partial charge >= 0.3 is 0 Å². The van der Waals surface area contributed by atoms with Crippen molar-refractivity contribution in [1.29, 1.82) is 0 Å². The number of fused-ring (bicyclic) bond motifs is 2. The lowest BCUT2D eigenvalue weighted by molar-refractivity contribution is 0.557. The van der Waals surface area contributed by atoms with E-state index in [1.165, 1.54) is 25.7 Å². The first-order valence-electron chi connectivity index (χ1n) is 4.43. The second-order valence-corrected chi connectivity index (χ2v) is 4.11. The van der Waals surface area contributed by atoms with E-state index in [2.05, 4.69) is 13.8 Å². The Kier molecular flexibility index (Phi) is 1.36. The van der Waals surface area contributed by atoms with Crippen LogP contribution in [0.1, 0.15) is 39.5 Å². The zero-order chi connectivity index (χ0) is 7.14. The third-order valence-corrected chi connectivity index (χ3v) is 3.18. The summed E-state index contributed by atoms with van der Waals surface area (Å²) in [6.45, 7) is 4.55. The molecule has 0 N–H and O–H groups in total. The van der Waals surface area contributed by atoms with Crippen molar-refractivity contribution in [2.24, 2.45) is 11.8 Å². The highest BCUT2D eigenvalue weighted by Crippen LogP contribution is 2.48. The van der Waals surface area contributed by atoms with E-state index in [9.17, 15) is 0 Å². The maximum atomic E-state index is 2.27. The molecule has 0 unspecified atom stereocenters. The first-order valence-corrected chi connectivity index (χ1v) is 4.43. The molecule has 0 aromatic carbocycles. The van der Waals surface area contributed by atoms with Crippen molar-refractivity contribution in [1.82, 2.24) is 0 Å². The van der Waals surface area contributed by atoms with Gasteiger partial charge in [-0.05, 0) is 51.4 Å². The Morgan fingerprint density at radius 3 is 2.40 bits per heavy atom. The van der Waals surface area contributed by atoms with Gasteiger partial charge < -0.3 is 0 Å². The van der Waals surface area contributed by atoms with Crippen LogP contribution in [-0.4, -0.2) is 0 Å². The van der Waals surface area contributed by atoms with Crippen molar-refractivity contribution in [3.63, 3.8) is 0 Å². The van der Waals surface area contributed by atoms with Gasteiger partial charge in [0.25, 0.3) is 0 Å². The van der Waals surface area contributed by atoms with Gasteiger partial charge in [0.2, 0.25) is 0 Å². The number of rotatable bonds is 0. The van der Waals surface area contributed by atoms with Gasteiger partial charge in [-0.15, -0.1) is 0 Å². The van der Waals surface area contributed by atoms with Gasteiger partial charge in [0.05, 0.1) is 0 Å². The average molecular weight is 136 g/mol. The Hall–Kier alpha value is -0.260. The monoisotopic (exact) mass is 136 g/mol. The van der Waals surface area contributed by atoms with Crippen molar-refractivity contribution in [2.45, 2.75) is 39.5 Å². The van der Waals surface area contributed by atoms with Gasteiger partial charge in [0.15, 0.2) is 0 Å². The molecule has 0 heterocycles. The second-order valence-electron chi connectivity index (χ2n) is 4.11. The second kappa shape index (κ2) is 2.11. The largest absolute Gasteiger partial charge is 0.0769 e. The third-order valence-electron chi connectivity index (χ3n) is 3.18. The topological polar surface area (TPSA) is 0 Å². The van der Waals surface area contributed by atoms with Crippen molar-refractivity contribution in [3.05, 3.63) is 11.1 Å². The summed E-state index contributed by atoms with van der Waals surface area (Å²) in [5.41, 5.74) is 3.41. The van der Waals surface area contributed by atoms with Gasteiger partial charge in [-0.3, -0.25) is 0 Å². The highest BCUT2D eigenvalue weighted by atomic mass is 14.4. The van der Waals surface area contributed by atoms with Crippen LogP contribution < -0.4 is 0 Å². The van der Waals surface area contributed by atoms with Gasteiger partial charge in [-0.1, -0.05) is 11.1 Å². The van der Waals surface area contributed by atoms with E-state index in [1.807, 2.05) is 0 Å². The molecule has 2 fully saturated rings. The Morgan fingerprint density at radius 2 is 2.10 bits per heavy atom. The number of hydrogen-bond acceptors (Lipinski definition) is 0. The first-order chi connectivity index (χ1) is 4.77. The highest BCUT2D eigenvalue weighted by Gasteiger charge is 2.35. The van der Waals surface area contributed by atoms with Gasteiger partial charge in [-0.25, -0.2) is 0 Å². The summed E-state index contributed by atoms with van der Waals surface area (Å²) in [6.07, 6.45) is 5.96. The zero-order valence-electron chi connectivity index (χ0n) is 6.98. The molecule has 2 aliphatic carbocycles. The average Bonchev–Trinajstić information content (AvgIpc) is 2.44. The summed E-state index contributed by atoms with van der Waals surface area (Å²) in [6, 6.07) is 0. The molecule has 0 heteroatoms. The van der Waals surface area contributed by atoms with Crippen LogP contribution in [0.2, 0.25) is 0 Å². The molecule has 0 spiro atoms. The van der Waals surface area contributed by atoms with Crippen molar-refractivity contribution in [3.8, 4) is 0 Å². The summed E-state index contributed by atoms with van der Waals surface area (Å²) in [5.74, 6) is 2.09. The van der Waals surface area contributed by atoms with Crippen LogP contribution >= 0.6 is 0 Å². The molecule has 10 heavy (non-hydrogen) atoms. The number of allylic oxidation sites excluding steroid dienone is 2. The predicted molar refractivity (Wildman–Crippen MR) is 43.8 cm³/mol. The van der Waals surface area contributed by atoms with E-state index in [0.29, 0.717) is 0 Å². The van der Waals surface area contributed by atoms with E-state index >= 15 is 0 Å². The first kappa shape index (κ1) is 6.45. The van der Waals surface area contributed by atoms with Crippen LogP contribution in [0.4, 0.5) is 0 Å². The molecule has 2 saturated carbocycles. The van der Waals surface area contributed by atoms with Crippen molar-refractivity contribution in [2.75, 3.05) is 0 Å². The standard InChI is InChI=1S/C10H16/c1-7(2)10-6-8-3-4-9(10)5-8/h8-9H,3-6H2,1-2H3/t8-,9+/m0/s1. The fourth-order valence-corrected chi connectivity index (χ4v) is 2.67. The lowest BCUT2D eigenvalue weighted by Gasteiger charge is -2.14. The maximum absolute atomic E-state index is 2.27. The van der Waals surface area contributed by atoms with E-state index in [1.54, 1.807) is 11.1 Å². The minimum absolute atomic E-state index is 1.01. The molecule has 0 aromatic rings. The van der Waals surface area contributed by atoms with Gasteiger partial charge in [-0.2, -0.15) is 0 Å². The molecule has 0 radical (unpaired) electrons. The fourth-order valence-electron chi connectivity index (χ4n) is 2.67. The van der Waals surface area contributed by atoms with Crippen LogP contribution in [-0.2, 0) is 0 Å². The fraction of sp³-hybridized carbons (Fsp3) is 0.800. The minimum Gasteiger partial charge on any atom is -0.0769 e. The van der Waals surface area contributed by atoms with Crippen LogP contribution in [0.3, 0.4) is 0 Å². The highest BCUT2D eigenvalue weighted by molar-refractivity contribution is 5.21. The molecule has 2 bridgehead atoms. The molecule has 2 aliphatic rings. The van der Waals surface area contributed by atoms with Crippen LogP contribution in [0.25, 0.3) is 0 Å². The van der Waals surface area contributed by atoms with Crippen LogP contribution in [0.5, 0.6) is 0 Å². The Bertz CT molecular complexity index is 172. The molecule has 56 valence electrons. The lowest BCUT2D eigenvalue weighted by atomic mass is 9.92. The molecule has 2 rings (SSSR count). The predicted octanol–water partition coefficient (Wildman–Crippen LogP) is 3.14. The molecule has 2 atom stereocenters. The molecular weight excluding hydrogens is 120 g/mol. The minimum atomic E-state index is 1.01. The SMILES string of the molecule is CC(C)=C1C[C@H]2CC[C@@H]1C2. The van der Waals surface area contributed by atoms with E-state index < -0.39 is 0 Å². The summed E-state index contributed by atoms with van der Waals surface area (Å²) in [7, 11) is 0. The summed E-state index contributed by atoms with van der Waals surface area (Å²) in [5, 5.41) is 0. The Labute approximate surface area is 63.3 Å². The molecule has 0 amide bonds. The van der Waals surface area contributed by atoms with Crippen LogP contribution in [0.15, 0.2) is 11.1 Å². The van der Waals surface area contributed by atoms with Gasteiger partial charge in [0.1, 0.15) is 0 Å². The molecular formula is C10H16. The third kappa shape index (κ3) is 0.817. The normalized spacial score (nSPS) is 37.2.